The second-order valence-corrected chi connectivity index (χ2v) is 3.38. The number of alkyl halides is 3. The highest BCUT2D eigenvalue weighted by Crippen LogP contribution is 2.37. The van der Waals surface area contributed by atoms with Gasteiger partial charge in [0.05, 0.1) is 5.56 Å². The fraction of sp³-hybridized carbons (Fsp3) is 0.250. The fourth-order valence-corrected chi connectivity index (χ4v) is 1.48. The molecule has 15 heavy (non-hydrogen) atoms. The first-order chi connectivity index (χ1) is 6.88. The second-order valence-electron chi connectivity index (χ2n) is 3.38. The normalized spacial score (nSPS) is 11.9. The molecular weight excluding hydrogens is 201 g/mol. The Bertz CT molecular complexity index is 364. The molecule has 0 N–H and O–H groups in total. The molecule has 0 bridgehead atoms. The Morgan fingerprint density at radius 2 is 1.93 bits per heavy atom. The van der Waals surface area contributed by atoms with Gasteiger partial charge in [-0.3, -0.25) is 0 Å². The molecule has 1 rings (SSSR count). The van der Waals surface area contributed by atoms with Gasteiger partial charge in [-0.15, -0.1) is 6.58 Å². The Balaban J connectivity index is 3.39. The summed E-state index contributed by atoms with van der Waals surface area (Å²) in [6.45, 7) is 6.57. The first-order valence-electron chi connectivity index (χ1n) is 4.51. The molecule has 81 valence electrons. The van der Waals surface area contributed by atoms with Crippen LogP contribution in [0.4, 0.5) is 13.2 Å². The van der Waals surface area contributed by atoms with Crippen LogP contribution in [0.15, 0.2) is 30.9 Å². The van der Waals surface area contributed by atoms with E-state index in [2.05, 4.69) is 6.58 Å². The van der Waals surface area contributed by atoms with Crippen LogP contribution >= 0.6 is 0 Å². The number of hydrogen-bond donors (Lipinski definition) is 0. The Kier molecular flexibility index (Phi) is 3.22. The first-order valence-corrected chi connectivity index (χ1v) is 4.51. The third-order valence-electron chi connectivity index (χ3n) is 2.29. The zero-order valence-corrected chi connectivity index (χ0v) is 8.65. The number of aryl methyl sites for hydroxylation is 1. The third kappa shape index (κ3) is 2.41. The summed E-state index contributed by atoms with van der Waals surface area (Å²) in [7, 11) is 0. The molecule has 0 amide bonds. The van der Waals surface area contributed by atoms with Crippen LogP contribution in [-0.4, -0.2) is 0 Å². The molecule has 0 fully saturated rings. The van der Waals surface area contributed by atoms with Crippen LogP contribution in [-0.2, 0) is 6.18 Å². The van der Waals surface area contributed by atoms with E-state index in [1.165, 1.54) is 25.1 Å². The Labute approximate surface area is 87.4 Å². The Morgan fingerprint density at radius 1 is 1.33 bits per heavy atom. The Hall–Kier alpha value is -1.25. The predicted octanol–water partition coefficient (Wildman–Crippen LogP) is 4.14. The van der Waals surface area contributed by atoms with Gasteiger partial charge in [-0.2, -0.15) is 13.2 Å². The summed E-state index contributed by atoms with van der Waals surface area (Å²) in [5.74, 6) is 0.533. The topological polar surface area (TPSA) is 0 Å². The molecule has 0 nitrogen and oxygen atoms in total. The van der Waals surface area contributed by atoms with Crippen molar-refractivity contribution in [1.82, 2.24) is 0 Å². The van der Waals surface area contributed by atoms with Crippen LogP contribution in [0, 0.1) is 12.8 Å². The molecule has 0 unspecified atom stereocenters. The van der Waals surface area contributed by atoms with Crippen molar-refractivity contribution in [1.29, 1.82) is 0 Å². The molecule has 0 atom stereocenters. The summed E-state index contributed by atoms with van der Waals surface area (Å²) in [6, 6.07) is 4.54. The number of benzene rings is 1. The fourth-order valence-electron chi connectivity index (χ4n) is 1.48. The van der Waals surface area contributed by atoms with Gasteiger partial charge in [0.25, 0.3) is 0 Å². The van der Waals surface area contributed by atoms with E-state index in [0.717, 1.165) is 0 Å². The molecule has 3 heteroatoms. The smallest absolute Gasteiger partial charge is 0.166 e. The molecular formula is C12H12F3. The molecule has 0 saturated carbocycles. The molecule has 1 radical (unpaired) electrons. The van der Waals surface area contributed by atoms with Gasteiger partial charge in [0, 0.05) is 5.92 Å². The average Bonchev–Trinajstić information content (AvgIpc) is 2.14. The number of hydrogen-bond acceptors (Lipinski definition) is 0. The van der Waals surface area contributed by atoms with Gasteiger partial charge in [-0.1, -0.05) is 31.2 Å². The van der Waals surface area contributed by atoms with Crippen LogP contribution in [0.1, 0.15) is 23.6 Å². The van der Waals surface area contributed by atoms with Gasteiger partial charge in [0.2, 0.25) is 0 Å². The average molecular weight is 213 g/mol. The van der Waals surface area contributed by atoms with Gasteiger partial charge < -0.3 is 0 Å². The summed E-state index contributed by atoms with van der Waals surface area (Å²) in [5.41, 5.74) is -0.124. The van der Waals surface area contributed by atoms with Crippen molar-refractivity contribution in [3.63, 3.8) is 0 Å². The van der Waals surface area contributed by atoms with E-state index >= 15 is 0 Å². The molecule has 0 saturated heterocycles. The molecule has 0 aliphatic heterocycles. The Morgan fingerprint density at radius 3 is 2.40 bits per heavy atom. The van der Waals surface area contributed by atoms with Crippen molar-refractivity contribution in [2.75, 3.05) is 0 Å². The van der Waals surface area contributed by atoms with Gasteiger partial charge >= 0.3 is 6.18 Å². The van der Waals surface area contributed by atoms with Crippen molar-refractivity contribution in [3.8, 4) is 0 Å². The zero-order chi connectivity index (χ0) is 11.6. The summed E-state index contributed by atoms with van der Waals surface area (Å²) in [4.78, 5) is 0. The van der Waals surface area contributed by atoms with Crippen LogP contribution in [0.3, 0.4) is 0 Å². The standard InChI is InChI=1S/C12H12F3/c1-4-8(2)10-7-5-6-9(3)11(10)12(13,14)15/h4-7H,1H2,2-3H3. The van der Waals surface area contributed by atoms with Crippen molar-refractivity contribution in [2.45, 2.75) is 20.0 Å². The largest absolute Gasteiger partial charge is 0.416 e. The van der Waals surface area contributed by atoms with E-state index in [4.69, 9.17) is 0 Å². The number of halogens is 3. The van der Waals surface area contributed by atoms with Gasteiger partial charge in [-0.05, 0) is 18.1 Å². The number of allylic oxidation sites excluding steroid dienone is 1. The maximum absolute atomic E-state index is 12.8. The monoisotopic (exact) mass is 213 g/mol. The molecule has 0 aromatic heterocycles. The van der Waals surface area contributed by atoms with Crippen molar-refractivity contribution >= 4 is 0 Å². The first kappa shape index (κ1) is 11.8. The maximum Gasteiger partial charge on any atom is 0.416 e. The van der Waals surface area contributed by atoms with E-state index in [0.29, 0.717) is 5.92 Å². The lowest BCUT2D eigenvalue weighted by atomic mass is 9.92. The van der Waals surface area contributed by atoms with E-state index in [9.17, 15) is 13.2 Å². The molecule has 0 aliphatic rings. The third-order valence-corrected chi connectivity index (χ3v) is 2.29. The highest BCUT2D eigenvalue weighted by Gasteiger charge is 2.35. The summed E-state index contributed by atoms with van der Waals surface area (Å²) in [6.07, 6.45) is -2.88. The van der Waals surface area contributed by atoms with E-state index in [1.54, 1.807) is 13.0 Å². The van der Waals surface area contributed by atoms with Crippen LogP contribution < -0.4 is 0 Å². The van der Waals surface area contributed by atoms with E-state index in [1.807, 2.05) is 0 Å². The molecule has 0 spiro atoms. The number of rotatable bonds is 2. The van der Waals surface area contributed by atoms with Crippen LogP contribution in [0.25, 0.3) is 0 Å². The lowest BCUT2D eigenvalue weighted by Gasteiger charge is -2.17. The van der Waals surface area contributed by atoms with Crippen LogP contribution in [0.5, 0.6) is 0 Å². The summed E-state index contributed by atoms with van der Waals surface area (Å²) >= 11 is 0. The highest BCUT2D eigenvalue weighted by molar-refractivity contribution is 5.46. The van der Waals surface area contributed by atoms with Crippen molar-refractivity contribution < 1.29 is 13.2 Å². The van der Waals surface area contributed by atoms with Crippen molar-refractivity contribution in [3.05, 3.63) is 53.5 Å². The maximum atomic E-state index is 12.8. The minimum atomic E-state index is -4.31. The quantitative estimate of drug-likeness (QED) is 0.692. The summed E-state index contributed by atoms with van der Waals surface area (Å²) < 4.78 is 38.3. The van der Waals surface area contributed by atoms with E-state index < -0.39 is 11.7 Å². The van der Waals surface area contributed by atoms with Gasteiger partial charge in [-0.25, -0.2) is 0 Å². The lowest BCUT2D eigenvalue weighted by molar-refractivity contribution is -0.138. The zero-order valence-electron chi connectivity index (χ0n) is 8.65. The minimum Gasteiger partial charge on any atom is -0.166 e. The van der Waals surface area contributed by atoms with E-state index in [-0.39, 0.29) is 11.1 Å². The molecule has 1 aromatic rings. The molecule has 0 aliphatic carbocycles. The summed E-state index contributed by atoms with van der Waals surface area (Å²) in [5, 5.41) is 0. The second kappa shape index (κ2) is 4.09. The lowest BCUT2D eigenvalue weighted by Crippen LogP contribution is -2.12. The highest BCUT2D eigenvalue weighted by atomic mass is 19.4. The van der Waals surface area contributed by atoms with Crippen molar-refractivity contribution in [2.24, 2.45) is 0 Å². The minimum absolute atomic E-state index is 0.206. The van der Waals surface area contributed by atoms with Gasteiger partial charge in [0.1, 0.15) is 0 Å². The predicted molar refractivity (Wildman–Crippen MR) is 54.4 cm³/mol. The van der Waals surface area contributed by atoms with Gasteiger partial charge in [0.15, 0.2) is 0 Å². The molecule has 1 aromatic carbocycles. The SMILES string of the molecule is C=C[C](C)c1cccc(C)c1C(F)(F)F. The van der Waals surface area contributed by atoms with Crippen LogP contribution in [0.2, 0.25) is 0 Å². The molecule has 0 heterocycles.